The second-order valence-electron chi connectivity index (χ2n) is 5.01. The van der Waals surface area contributed by atoms with Crippen LogP contribution < -0.4 is 0 Å². The van der Waals surface area contributed by atoms with Gasteiger partial charge in [-0.3, -0.25) is 4.79 Å². The number of halogens is 1. The van der Waals surface area contributed by atoms with Gasteiger partial charge in [-0.2, -0.15) is 0 Å². The third kappa shape index (κ3) is 2.19. The maximum Gasteiger partial charge on any atom is 0.272 e. The number of amides is 1. The zero-order chi connectivity index (χ0) is 13.4. The fourth-order valence-corrected chi connectivity index (χ4v) is 2.91. The van der Waals surface area contributed by atoms with Crippen LogP contribution in [0.1, 0.15) is 30.3 Å². The SMILES string of the molecule is CC1CCCN1C(=O)c1cc2ccccc2c(Cl)n1. The monoisotopic (exact) mass is 274 g/mol. The normalized spacial score (nSPS) is 19.1. The quantitative estimate of drug-likeness (QED) is 0.746. The summed E-state index contributed by atoms with van der Waals surface area (Å²) >= 11 is 6.17. The first-order valence-corrected chi connectivity index (χ1v) is 6.91. The van der Waals surface area contributed by atoms with E-state index in [-0.39, 0.29) is 5.91 Å². The number of hydrogen-bond donors (Lipinski definition) is 0. The van der Waals surface area contributed by atoms with E-state index in [0.29, 0.717) is 16.9 Å². The summed E-state index contributed by atoms with van der Waals surface area (Å²) in [7, 11) is 0. The van der Waals surface area contributed by atoms with Gasteiger partial charge in [-0.15, -0.1) is 0 Å². The predicted molar refractivity (Wildman–Crippen MR) is 76.5 cm³/mol. The topological polar surface area (TPSA) is 33.2 Å². The summed E-state index contributed by atoms with van der Waals surface area (Å²) < 4.78 is 0. The number of aromatic nitrogens is 1. The van der Waals surface area contributed by atoms with Gasteiger partial charge in [-0.1, -0.05) is 35.9 Å². The van der Waals surface area contributed by atoms with Gasteiger partial charge in [-0.25, -0.2) is 4.98 Å². The van der Waals surface area contributed by atoms with Gasteiger partial charge in [0.2, 0.25) is 0 Å². The zero-order valence-electron chi connectivity index (χ0n) is 10.8. The Morgan fingerprint density at radius 2 is 2.21 bits per heavy atom. The highest BCUT2D eigenvalue weighted by Crippen LogP contribution is 2.25. The fourth-order valence-electron chi connectivity index (χ4n) is 2.65. The summed E-state index contributed by atoms with van der Waals surface area (Å²) in [6, 6.07) is 9.84. The standard InChI is InChI=1S/C15H15ClN2O/c1-10-5-4-8-18(10)15(19)13-9-11-6-2-3-7-12(11)14(16)17-13/h2-3,6-7,9-10H,4-5,8H2,1H3. The molecule has 0 N–H and O–H groups in total. The molecule has 4 heteroatoms. The number of benzene rings is 1. The molecule has 2 heterocycles. The van der Waals surface area contributed by atoms with Gasteiger partial charge in [0.1, 0.15) is 10.8 Å². The first-order chi connectivity index (χ1) is 9.16. The molecule has 0 spiro atoms. The summed E-state index contributed by atoms with van der Waals surface area (Å²) in [6.45, 7) is 2.89. The molecule has 3 nitrogen and oxygen atoms in total. The molecule has 19 heavy (non-hydrogen) atoms. The summed E-state index contributed by atoms with van der Waals surface area (Å²) in [5.41, 5.74) is 0.442. The second kappa shape index (κ2) is 4.82. The molecule has 0 bridgehead atoms. The van der Waals surface area contributed by atoms with E-state index in [1.165, 1.54) is 0 Å². The second-order valence-corrected chi connectivity index (χ2v) is 5.37. The van der Waals surface area contributed by atoms with Crippen LogP contribution in [0.25, 0.3) is 10.8 Å². The van der Waals surface area contributed by atoms with Crippen LogP contribution in [0.4, 0.5) is 0 Å². The van der Waals surface area contributed by atoms with Crippen LogP contribution in [-0.4, -0.2) is 28.4 Å². The Hall–Kier alpha value is -1.61. The Balaban J connectivity index is 2.03. The number of carbonyl (C=O) groups excluding carboxylic acids is 1. The number of pyridine rings is 1. The number of fused-ring (bicyclic) bond motifs is 1. The van der Waals surface area contributed by atoms with E-state index in [1.54, 1.807) is 0 Å². The van der Waals surface area contributed by atoms with Gasteiger partial charge >= 0.3 is 0 Å². The van der Waals surface area contributed by atoms with Crippen LogP contribution in [0.3, 0.4) is 0 Å². The Labute approximate surface area is 117 Å². The lowest BCUT2D eigenvalue weighted by Gasteiger charge is -2.21. The minimum atomic E-state index is -0.0161. The largest absolute Gasteiger partial charge is 0.335 e. The number of rotatable bonds is 1. The number of nitrogens with zero attached hydrogens (tertiary/aromatic N) is 2. The van der Waals surface area contributed by atoms with Crippen molar-refractivity contribution in [2.24, 2.45) is 0 Å². The minimum Gasteiger partial charge on any atom is -0.335 e. The smallest absolute Gasteiger partial charge is 0.272 e. The van der Waals surface area contributed by atoms with Gasteiger partial charge < -0.3 is 4.90 Å². The molecule has 1 fully saturated rings. The molecule has 98 valence electrons. The molecule has 3 rings (SSSR count). The van der Waals surface area contributed by atoms with E-state index >= 15 is 0 Å². The predicted octanol–water partition coefficient (Wildman–Crippen LogP) is 3.51. The van der Waals surface area contributed by atoms with Crippen molar-refractivity contribution in [1.29, 1.82) is 0 Å². The number of likely N-dealkylation sites (tertiary alicyclic amines) is 1. The molecule has 1 aromatic carbocycles. The van der Waals surface area contributed by atoms with Crippen molar-refractivity contribution in [2.45, 2.75) is 25.8 Å². The van der Waals surface area contributed by atoms with Crippen LogP contribution in [0, 0.1) is 0 Å². The highest BCUT2D eigenvalue weighted by Gasteiger charge is 2.27. The van der Waals surface area contributed by atoms with Crippen molar-refractivity contribution in [1.82, 2.24) is 9.88 Å². The summed E-state index contributed by atoms with van der Waals surface area (Å²) in [5.74, 6) is -0.0161. The number of hydrogen-bond acceptors (Lipinski definition) is 2. The molecule has 2 aromatic rings. The van der Waals surface area contributed by atoms with E-state index < -0.39 is 0 Å². The van der Waals surface area contributed by atoms with Crippen LogP contribution in [-0.2, 0) is 0 Å². The van der Waals surface area contributed by atoms with Gasteiger partial charge in [0.05, 0.1) is 0 Å². The first-order valence-electron chi connectivity index (χ1n) is 6.53. The van der Waals surface area contributed by atoms with Crippen molar-refractivity contribution in [3.8, 4) is 0 Å². The molecule has 1 unspecified atom stereocenters. The van der Waals surface area contributed by atoms with Crippen LogP contribution in [0.15, 0.2) is 30.3 Å². The van der Waals surface area contributed by atoms with Gasteiger partial charge in [0.15, 0.2) is 0 Å². The Bertz CT molecular complexity index is 641. The van der Waals surface area contributed by atoms with E-state index in [0.717, 1.165) is 30.2 Å². The Kier molecular flexibility index (Phi) is 3.15. The minimum absolute atomic E-state index is 0.0161. The van der Waals surface area contributed by atoms with E-state index in [9.17, 15) is 4.79 Å². The molecule has 1 aliphatic rings. The van der Waals surface area contributed by atoms with E-state index in [2.05, 4.69) is 11.9 Å². The van der Waals surface area contributed by atoms with Crippen molar-refractivity contribution < 1.29 is 4.79 Å². The highest BCUT2D eigenvalue weighted by molar-refractivity contribution is 6.34. The third-order valence-electron chi connectivity index (χ3n) is 3.73. The molecule has 0 radical (unpaired) electrons. The molecular weight excluding hydrogens is 260 g/mol. The van der Waals surface area contributed by atoms with Crippen LogP contribution in [0.5, 0.6) is 0 Å². The zero-order valence-corrected chi connectivity index (χ0v) is 11.5. The highest BCUT2D eigenvalue weighted by atomic mass is 35.5. The maximum absolute atomic E-state index is 12.5. The first kappa shape index (κ1) is 12.4. The van der Waals surface area contributed by atoms with Crippen LogP contribution in [0.2, 0.25) is 5.15 Å². The Morgan fingerprint density at radius 1 is 1.42 bits per heavy atom. The fraction of sp³-hybridized carbons (Fsp3) is 0.333. The third-order valence-corrected chi connectivity index (χ3v) is 4.01. The molecule has 0 aliphatic carbocycles. The van der Waals surface area contributed by atoms with Gasteiger partial charge in [0, 0.05) is 18.0 Å². The summed E-state index contributed by atoms with van der Waals surface area (Å²) in [4.78, 5) is 18.6. The molecular formula is C15H15ClN2O. The average molecular weight is 275 g/mol. The molecule has 1 aliphatic heterocycles. The van der Waals surface area contributed by atoms with E-state index in [1.807, 2.05) is 35.2 Å². The van der Waals surface area contributed by atoms with Gasteiger partial charge in [0.25, 0.3) is 5.91 Å². The van der Waals surface area contributed by atoms with E-state index in [4.69, 9.17) is 11.6 Å². The van der Waals surface area contributed by atoms with Crippen molar-refractivity contribution in [3.63, 3.8) is 0 Å². The molecule has 1 atom stereocenters. The molecule has 1 saturated heterocycles. The lowest BCUT2D eigenvalue weighted by molar-refractivity contribution is 0.0742. The Morgan fingerprint density at radius 3 is 2.95 bits per heavy atom. The van der Waals surface area contributed by atoms with Gasteiger partial charge in [-0.05, 0) is 31.2 Å². The lowest BCUT2D eigenvalue weighted by Crippen LogP contribution is -2.34. The molecule has 1 aromatic heterocycles. The van der Waals surface area contributed by atoms with Crippen molar-refractivity contribution in [3.05, 3.63) is 41.2 Å². The maximum atomic E-state index is 12.5. The van der Waals surface area contributed by atoms with Crippen molar-refractivity contribution >= 4 is 28.3 Å². The number of carbonyl (C=O) groups is 1. The summed E-state index contributed by atoms with van der Waals surface area (Å²) in [6.07, 6.45) is 2.13. The molecule has 0 saturated carbocycles. The van der Waals surface area contributed by atoms with Crippen LogP contribution >= 0.6 is 11.6 Å². The van der Waals surface area contributed by atoms with Crippen molar-refractivity contribution in [2.75, 3.05) is 6.54 Å². The average Bonchev–Trinajstić information content (AvgIpc) is 2.84. The molecule has 1 amide bonds. The summed E-state index contributed by atoms with van der Waals surface area (Å²) in [5, 5.41) is 2.24. The lowest BCUT2D eigenvalue weighted by atomic mass is 10.1.